The number of hydrogen-bond acceptors (Lipinski definition) is 15. The van der Waals surface area contributed by atoms with Crippen molar-refractivity contribution in [1.29, 1.82) is 0 Å². The van der Waals surface area contributed by atoms with Crippen molar-refractivity contribution in [2.24, 2.45) is 5.92 Å². The number of aliphatic hydroxyl groups excluding tert-OH is 1. The highest BCUT2D eigenvalue weighted by Gasteiger charge is 2.43. The molecule has 5 aromatic rings. The SMILES string of the molecule is CCC(CN1CCC(NC[C@@H]2CNc3nnc(-c4ccccc4O)cc3N2)C1)Oc1cc(C(C(=O)N2C[C@H](O)C[C@H]2C(=O)N[C@@H](C)c2ccc(-c3scnc3C)cc2)C(C)C)on1. The van der Waals surface area contributed by atoms with Gasteiger partial charge in [0.25, 0.3) is 5.88 Å². The van der Waals surface area contributed by atoms with Gasteiger partial charge in [-0.1, -0.05) is 57.2 Å². The number of aryl methyl sites for hydroxylation is 1. The zero-order chi connectivity index (χ0) is 44.2. The van der Waals surface area contributed by atoms with Crippen LogP contribution < -0.4 is 26.0 Å². The third-order valence-corrected chi connectivity index (χ3v) is 13.3. The minimum atomic E-state index is -0.830. The lowest BCUT2D eigenvalue weighted by molar-refractivity contribution is -0.141. The van der Waals surface area contributed by atoms with E-state index in [4.69, 9.17) is 9.26 Å². The Kier molecular flexibility index (Phi) is 13.6. The maximum Gasteiger partial charge on any atom is 0.254 e. The molecule has 0 spiro atoms. The van der Waals surface area contributed by atoms with Crippen LogP contribution in [0.15, 0.2) is 70.7 Å². The van der Waals surface area contributed by atoms with Crippen LogP contribution >= 0.6 is 11.3 Å². The van der Waals surface area contributed by atoms with Gasteiger partial charge in [0.1, 0.15) is 23.8 Å². The highest BCUT2D eigenvalue weighted by molar-refractivity contribution is 7.13. The largest absolute Gasteiger partial charge is 0.507 e. The minimum Gasteiger partial charge on any atom is -0.507 e. The fraction of sp³-hybridized carbons (Fsp3) is 0.478. The van der Waals surface area contributed by atoms with Crippen molar-refractivity contribution in [1.82, 2.24) is 40.8 Å². The Bertz CT molecular complexity index is 2360. The van der Waals surface area contributed by atoms with Crippen molar-refractivity contribution < 1.29 is 29.1 Å². The Balaban J connectivity index is 0.825. The number of para-hydroxylation sites is 1. The van der Waals surface area contributed by atoms with E-state index < -0.39 is 18.1 Å². The van der Waals surface area contributed by atoms with E-state index in [9.17, 15) is 19.8 Å². The predicted molar refractivity (Wildman–Crippen MR) is 242 cm³/mol. The van der Waals surface area contributed by atoms with Crippen molar-refractivity contribution in [2.75, 3.05) is 49.9 Å². The summed E-state index contributed by atoms with van der Waals surface area (Å²) < 4.78 is 12.2. The number of rotatable bonds is 16. The van der Waals surface area contributed by atoms with Gasteiger partial charge in [0.2, 0.25) is 11.8 Å². The quantitative estimate of drug-likeness (QED) is 0.0718. The molecule has 0 radical (unpaired) electrons. The Morgan fingerprint density at radius 3 is 2.63 bits per heavy atom. The number of thiazole rings is 1. The molecular formula is C46H58N10O6S. The summed E-state index contributed by atoms with van der Waals surface area (Å²) in [6.45, 7) is 13.9. The summed E-state index contributed by atoms with van der Waals surface area (Å²) >= 11 is 1.59. The molecule has 3 aliphatic rings. The lowest BCUT2D eigenvalue weighted by Crippen LogP contribution is -2.48. The van der Waals surface area contributed by atoms with Gasteiger partial charge in [-0.3, -0.25) is 14.5 Å². The smallest absolute Gasteiger partial charge is 0.254 e. The van der Waals surface area contributed by atoms with E-state index in [-0.39, 0.29) is 54.6 Å². The molecule has 6 heterocycles. The number of benzene rings is 2. The first kappa shape index (κ1) is 44.0. The number of β-amino-alcohol motifs (C(OH)–C–C–N with tert-alkyl or cyclic N) is 1. The summed E-state index contributed by atoms with van der Waals surface area (Å²) in [5.41, 5.74) is 6.91. The Morgan fingerprint density at radius 1 is 1.08 bits per heavy atom. The number of ether oxygens (including phenoxy) is 1. The number of nitrogens with zero attached hydrogens (tertiary/aromatic N) is 6. The number of aromatic hydroxyl groups is 1. The van der Waals surface area contributed by atoms with Crippen LogP contribution in [0.2, 0.25) is 0 Å². The minimum absolute atomic E-state index is 0.0530. The second-order valence-corrected chi connectivity index (χ2v) is 18.2. The molecule has 17 heteroatoms. The highest BCUT2D eigenvalue weighted by atomic mass is 32.1. The maximum absolute atomic E-state index is 14.3. The van der Waals surface area contributed by atoms with Gasteiger partial charge in [0.05, 0.1) is 45.7 Å². The van der Waals surface area contributed by atoms with Gasteiger partial charge in [-0.2, -0.15) is 0 Å². The number of amides is 2. The summed E-state index contributed by atoms with van der Waals surface area (Å²) in [6, 6.07) is 18.1. The van der Waals surface area contributed by atoms with Crippen molar-refractivity contribution in [3.63, 3.8) is 0 Å². The molecular weight excluding hydrogens is 821 g/mol. The fourth-order valence-electron chi connectivity index (χ4n) is 8.84. The number of nitrogens with one attached hydrogen (secondary N) is 4. The van der Waals surface area contributed by atoms with Crippen LogP contribution in [0.4, 0.5) is 11.5 Å². The van der Waals surface area contributed by atoms with Gasteiger partial charge in [-0.05, 0) is 73.6 Å². The topological polar surface area (TPSA) is 203 Å². The molecule has 63 heavy (non-hydrogen) atoms. The standard InChI is InChI=1S/C46H58N10O6S/c1-6-34(24-55-16-15-31(22-55)47-20-32-21-48-44-37(51-32)18-36(52-53-44)35-9-7-8-10-39(35)58)61-41-19-40(62-54-41)42(26(2)3)46(60)56-23-33(57)17-38(56)45(59)50-27(4)29-11-13-30(14-12-29)43-28(5)49-25-63-43/h7-14,18-19,25-27,31-34,38,42,47,51,57-58H,6,15-17,20-24H2,1-5H3,(H,48,53)(H,50,59)/t27-,31?,32+,33+,34?,38-,42?/m0/s1. The molecule has 0 aliphatic carbocycles. The maximum atomic E-state index is 14.3. The van der Waals surface area contributed by atoms with Crippen molar-refractivity contribution in [2.45, 2.75) is 96.2 Å². The van der Waals surface area contributed by atoms with Gasteiger partial charge in [0.15, 0.2) is 11.6 Å². The molecule has 7 atom stereocenters. The number of likely N-dealkylation sites (tertiary alicyclic amines) is 2. The monoisotopic (exact) mass is 878 g/mol. The van der Waals surface area contributed by atoms with Crippen molar-refractivity contribution >= 4 is 34.7 Å². The zero-order valence-electron chi connectivity index (χ0n) is 36.5. The Labute approximate surface area is 371 Å². The molecule has 334 valence electrons. The zero-order valence-corrected chi connectivity index (χ0v) is 37.3. The van der Waals surface area contributed by atoms with E-state index in [1.54, 1.807) is 29.5 Å². The van der Waals surface area contributed by atoms with Gasteiger partial charge in [-0.15, -0.1) is 21.5 Å². The van der Waals surface area contributed by atoms with E-state index >= 15 is 0 Å². The third kappa shape index (κ3) is 10.1. The average Bonchev–Trinajstić information content (AvgIpc) is 4.11. The van der Waals surface area contributed by atoms with Gasteiger partial charge in [-0.25, -0.2) is 4.98 Å². The number of aliphatic hydroxyl groups is 1. The van der Waals surface area contributed by atoms with Crippen LogP contribution in [0.3, 0.4) is 0 Å². The van der Waals surface area contributed by atoms with Crippen molar-refractivity contribution in [3.05, 3.63) is 83.2 Å². The molecule has 2 amide bonds. The van der Waals surface area contributed by atoms with Gasteiger partial charge < -0.3 is 45.6 Å². The van der Waals surface area contributed by atoms with E-state index in [0.717, 1.165) is 59.9 Å². The molecule has 0 bridgehead atoms. The second kappa shape index (κ2) is 19.4. The third-order valence-electron chi connectivity index (χ3n) is 12.4. The number of phenols is 1. The summed E-state index contributed by atoms with van der Waals surface area (Å²) in [6.07, 6.45) is 0.936. The average molecular weight is 879 g/mol. The number of carbonyl (C=O) groups is 2. The van der Waals surface area contributed by atoms with Crippen LogP contribution in [-0.4, -0.2) is 122 Å². The molecule has 2 fully saturated rings. The molecule has 0 saturated carbocycles. The normalized spacial score (nSPS) is 21.3. The van der Waals surface area contributed by atoms with E-state index in [0.29, 0.717) is 47.8 Å². The Morgan fingerprint density at radius 2 is 1.89 bits per heavy atom. The number of fused-ring (bicyclic) bond motifs is 1. The number of carbonyl (C=O) groups excluding carboxylic acids is 2. The second-order valence-electron chi connectivity index (χ2n) is 17.3. The van der Waals surface area contributed by atoms with Crippen LogP contribution in [0.5, 0.6) is 11.6 Å². The lowest BCUT2D eigenvalue weighted by atomic mass is 9.91. The first-order valence-electron chi connectivity index (χ1n) is 22.0. The van der Waals surface area contributed by atoms with E-state index in [1.165, 1.54) is 4.90 Å². The van der Waals surface area contributed by atoms with E-state index in [1.807, 2.05) is 75.7 Å². The predicted octanol–water partition coefficient (Wildman–Crippen LogP) is 5.58. The molecule has 2 saturated heterocycles. The lowest BCUT2D eigenvalue weighted by Gasteiger charge is -2.29. The summed E-state index contributed by atoms with van der Waals surface area (Å²) in [7, 11) is 0. The molecule has 16 nitrogen and oxygen atoms in total. The summed E-state index contributed by atoms with van der Waals surface area (Å²) in [5, 5.41) is 47.7. The molecule has 8 rings (SSSR count). The first-order valence-corrected chi connectivity index (χ1v) is 22.9. The molecule has 3 unspecified atom stereocenters. The van der Waals surface area contributed by atoms with Gasteiger partial charge in [0, 0.05) is 56.8 Å². The first-order chi connectivity index (χ1) is 30.4. The number of phenolic OH excluding ortho intramolecular Hbond substituents is 1. The van der Waals surface area contributed by atoms with Crippen LogP contribution in [0.25, 0.3) is 21.7 Å². The molecule has 3 aromatic heterocycles. The fourth-order valence-corrected chi connectivity index (χ4v) is 9.65. The molecule has 2 aromatic carbocycles. The Hall–Kier alpha value is -5.62. The van der Waals surface area contributed by atoms with Crippen molar-refractivity contribution in [3.8, 4) is 33.3 Å². The summed E-state index contributed by atoms with van der Waals surface area (Å²) in [4.78, 5) is 37.4. The molecule has 6 N–H and O–H groups in total. The number of anilines is 2. The highest BCUT2D eigenvalue weighted by Crippen LogP contribution is 2.35. The number of hydrogen-bond donors (Lipinski definition) is 6. The van der Waals surface area contributed by atoms with Crippen LogP contribution in [0, 0.1) is 12.8 Å². The number of aromatic nitrogens is 4. The van der Waals surface area contributed by atoms with Crippen LogP contribution in [0.1, 0.15) is 75.9 Å². The van der Waals surface area contributed by atoms with Crippen LogP contribution in [-0.2, 0) is 9.59 Å². The molecule has 3 aliphatic heterocycles. The summed E-state index contributed by atoms with van der Waals surface area (Å²) in [5.74, 6) is 0.0288. The van der Waals surface area contributed by atoms with E-state index in [2.05, 4.69) is 53.4 Å². The van der Waals surface area contributed by atoms with Gasteiger partial charge >= 0.3 is 0 Å².